The first-order valence-electron chi connectivity index (χ1n) is 13.4. The van der Waals surface area contributed by atoms with Crippen LogP contribution in [0, 0.1) is 12.8 Å². The Bertz CT molecular complexity index is 1330. The fourth-order valence-corrected chi connectivity index (χ4v) is 5.39. The molecule has 38 heavy (non-hydrogen) atoms. The minimum atomic E-state index is -0.947. The van der Waals surface area contributed by atoms with Crippen molar-refractivity contribution in [2.75, 3.05) is 38.3 Å². The Morgan fingerprint density at radius 3 is 2.18 bits per heavy atom. The zero-order chi connectivity index (χ0) is 26.5. The number of benzene rings is 3. The number of aliphatic carboxylic acids is 1. The first-order chi connectivity index (χ1) is 18.5. The summed E-state index contributed by atoms with van der Waals surface area (Å²) in [5.41, 5.74) is 9.49. The van der Waals surface area contributed by atoms with E-state index in [1.807, 2.05) is 12.1 Å². The molecule has 1 heterocycles. The van der Waals surface area contributed by atoms with Gasteiger partial charge in [-0.2, -0.15) is 0 Å². The van der Waals surface area contributed by atoms with Gasteiger partial charge in [0.25, 0.3) is 0 Å². The van der Waals surface area contributed by atoms with Gasteiger partial charge < -0.3 is 19.5 Å². The number of carboxylic acids is 1. The number of carboxylic acid groups (broad SMARTS) is 1. The number of methoxy groups -OCH3 is 1. The van der Waals surface area contributed by atoms with Crippen LogP contribution in [0.5, 0.6) is 5.75 Å². The molecule has 0 bridgehead atoms. The standard InChI is InChI=1S/C33H35NO4/c1-23-22-29(37-2)15-16-30(23)33(25-4-3-5-25)32(26-9-6-24(7-10-26)8-17-31(35)36)27-11-13-28(14-12-27)34-18-20-38-21-19-34/h6-17,22,25H,3-5,18-21H2,1-2H3,(H,35,36). The molecular formula is C33H35NO4. The molecule has 5 nitrogen and oxygen atoms in total. The van der Waals surface area contributed by atoms with Gasteiger partial charge in [0.2, 0.25) is 0 Å². The minimum Gasteiger partial charge on any atom is -0.497 e. The molecule has 2 aliphatic rings. The molecule has 0 radical (unpaired) electrons. The maximum Gasteiger partial charge on any atom is 0.328 e. The highest BCUT2D eigenvalue weighted by Crippen LogP contribution is 2.46. The highest BCUT2D eigenvalue weighted by atomic mass is 16.5. The Labute approximate surface area is 225 Å². The van der Waals surface area contributed by atoms with Crippen molar-refractivity contribution in [2.45, 2.75) is 26.2 Å². The molecule has 0 aromatic heterocycles. The topological polar surface area (TPSA) is 59.0 Å². The largest absolute Gasteiger partial charge is 0.497 e. The monoisotopic (exact) mass is 509 g/mol. The van der Waals surface area contributed by atoms with E-state index in [1.165, 1.54) is 58.9 Å². The summed E-state index contributed by atoms with van der Waals surface area (Å²) in [5.74, 6) is 0.407. The zero-order valence-corrected chi connectivity index (χ0v) is 22.2. The van der Waals surface area contributed by atoms with Crippen LogP contribution in [-0.2, 0) is 9.53 Å². The predicted octanol–water partition coefficient (Wildman–Crippen LogP) is 6.70. The van der Waals surface area contributed by atoms with Gasteiger partial charge in [0.05, 0.1) is 20.3 Å². The molecule has 196 valence electrons. The maximum absolute atomic E-state index is 11.0. The van der Waals surface area contributed by atoms with Gasteiger partial charge in [0.1, 0.15) is 5.75 Å². The quantitative estimate of drug-likeness (QED) is 0.271. The van der Waals surface area contributed by atoms with Crippen molar-refractivity contribution in [3.05, 3.63) is 101 Å². The molecule has 1 saturated heterocycles. The van der Waals surface area contributed by atoms with Crippen LogP contribution in [0.3, 0.4) is 0 Å². The van der Waals surface area contributed by atoms with Crippen LogP contribution >= 0.6 is 0 Å². The summed E-state index contributed by atoms with van der Waals surface area (Å²) in [7, 11) is 1.71. The molecule has 0 spiro atoms. The first kappa shape index (κ1) is 25.8. The number of hydrogen-bond acceptors (Lipinski definition) is 4. The predicted molar refractivity (Wildman–Crippen MR) is 154 cm³/mol. The van der Waals surface area contributed by atoms with E-state index in [-0.39, 0.29) is 0 Å². The van der Waals surface area contributed by atoms with Gasteiger partial charge in [-0.25, -0.2) is 4.79 Å². The van der Waals surface area contributed by atoms with Crippen LogP contribution < -0.4 is 9.64 Å². The van der Waals surface area contributed by atoms with E-state index in [9.17, 15) is 4.79 Å². The van der Waals surface area contributed by atoms with Gasteiger partial charge >= 0.3 is 5.97 Å². The number of carbonyl (C=O) groups is 1. The van der Waals surface area contributed by atoms with E-state index in [1.54, 1.807) is 13.2 Å². The zero-order valence-electron chi connectivity index (χ0n) is 22.2. The highest BCUT2D eigenvalue weighted by molar-refractivity contribution is 6.00. The van der Waals surface area contributed by atoms with Crippen molar-refractivity contribution in [3.63, 3.8) is 0 Å². The molecule has 1 saturated carbocycles. The lowest BCUT2D eigenvalue weighted by Gasteiger charge is -2.33. The van der Waals surface area contributed by atoms with Gasteiger partial charge in [0, 0.05) is 24.9 Å². The highest BCUT2D eigenvalue weighted by Gasteiger charge is 2.28. The number of nitrogens with zero attached hydrogens (tertiary/aromatic N) is 1. The van der Waals surface area contributed by atoms with E-state index >= 15 is 0 Å². The molecule has 1 aliphatic heterocycles. The number of morpholine rings is 1. The molecule has 5 rings (SSSR count). The van der Waals surface area contributed by atoms with E-state index in [4.69, 9.17) is 14.6 Å². The van der Waals surface area contributed by atoms with Crippen molar-refractivity contribution in [1.82, 2.24) is 0 Å². The Balaban J connectivity index is 1.64. The third-order valence-corrected chi connectivity index (χ3v) is 7.66. The van der Waals surface area contributed by atoms with E-state index in [0.717, 1.165) is 43.2 Å². The van der Waals surface area contributed by atoms with Crippen LogP contribution in [0.2, 0.25) is 0 Å². The molecular weight excluding hydrogens is 474 g/mol. The van der Waals surface area contributed by atoms with Crippen molar-refractivity contribution >= 4 is 28.9 Å². The van der Waals surface area contributed by atoms with Gasteiger partial charge in [-0.05, 0) is 95.0 Å². The summed E-state index contributed by atoms with van der Waals surface area (Å²) in [4.78, 5) is 13.4. The maximum atomic E-state index is 11.0. The molecule has 3 aromatic carbocycles. The summed E-state index contributed by atoms with van der Waals surface area (Å²) < 4.78 is 11.0. The molecule has 5 heteroatoms. The van der Waals surface area contributed by atoms with E-state index in [2.05, 4.69) is 66.4 Å². The lowest BCUT2D eigenvalue weighted by molar-refractivity contribution is -0.131. The van der Waals surface area contributed by atoms with E-state index in [0.29, 0.717) is 5.92 Å². The van der Waals surface area contributed by atoms with Crippen LogP contribution in [0.1, 0.15) is 47.1 Å². The molecule has 3 aromatic rings. The normalized spacial score (nSPS) is 16.7. The van der Waals surface area contributed by atoms with Gasteiger partial charge in [-0.1, -0.05) is 48.9 Å². The van der Waals surface area contributed by atoms with Gasteiger partial charge in [-0.15, -0.1) is 0 Å². The summed E-state index contributed by atoms with van der Waals surface area (Å²) in [5, 5.41) is 9.03. The second kappa shape index (κ2) is 11.7. The number of allylic oxidation sites excluding steroid dienone is 1. The first-order valence-corrected chi connectivity index (χ1v) is 13.4. The lowest BCUT2D eigenvalue weighted by atomic mass is 9.72. The summed E-state index contributed by atoms with van der Waals surface area (Å²) >= 11 is 0. The van der Waals surface area contributed by atoms with Crippen molar-refractivity contribution < 1.29 is 19.4 Å². The molecule has 0 amide bonds. The molecule has 1 aliphatic carbocycles. The van der Waals surface area contributed by atoms with Crippen LogP contribution in [0.15, 0.2) is 72.8 Å². The lowest BCUT2D eigenvalue weighted by Crippen LogP contribution is -2.36. The van der Waals surface area contributed by atoms with Crippen LogP contribution in [0.4, 0.5) is 5.69 Å². The average Bonchev–Trinajstić information content (AvgIpc) is 2.92. The molecule has 2 fully saturated rings. The van der Waals surface area contributed by atoms with E-state index < -0.39 is 5.97 Å². The average molecular weight is 510 g/mol. The van der Waals surface area contributed by atoms with Gasteiger partial charge in [0.15, 0.2) is 0 Å². The van der Waals surface area contributed by atoms with Crippen LogP contribution in [0.25, 0.3) is 17.2 Å². The third-order valence-electron chi connectivity index (χ3n) is 7.66. The Hall–Kier alpha value is -3.83. The number of ether oxygens (including phenoxy) is 2. The van der Waals surface area contributed by atoms with Gasteiger partial charge in [-0.3, -0.25) is 0 Å². The smallest absolute Gasteiger partial charge is 0.328 e. The second-order valence-electron chi connectivity index (χ2n) is 10.0. The number of rotatable bonds is 8. The Morgan fingerprint density at radius 1 is 0.974 bits per heavy atom. The number of aryl methyl sites for hydroxylation is 1. The molecule has 0 atom stereocenters. The Morgan fingerprint density at radius 2 is 1.63 bits per heavy atom. The second-order valence-corrected chi connectivity index (χ2v) is 10.0. The van der Waals surface area contributed by atoms with Crippen molar-refractivity contribution in [1.29, 1.82) is 0 Å². The fourth-order valence-electron chi connectivity index (χ4n) is 5.39. The number of anilines is 1. The third kappa shape index (κ3) is 5.68. The fraction of sp³-hybridized carbons (Fsp3) is 0.303. The molecule has 0 unspecified atom stereocenters. The summed E-state index contributed by atoms with van der Waals surface area (Å²) in [6.45, 7) is 5.50. The van der Waals surface area contributed by atoms with Crippen molar-refractivity contribution in [3.8, 4) is 5.75 Å². The number of hydrogen-bond donors (Lipinski definition) is 1. The molecule has 1 N–H and O–H groups in total. The van der Waals surface area contributed by atoms with Crippen molar-refractivity contribution in [2.24, 2.45) is 5.92 Å². The summed E-state index contributed by atoms with van der Waals surface area (Å²) in [6, 6.07) is 23.5. The van der Waals surface area contributed by atoms with Crippen LogP contribution in [-0.4, -0.2) is 44.5 Å². The Kier molecular flexibility index (Phi) is 7.94. The minimum absolute atomic E-state index is 0.489. The summed E-state index contributed by atoms with van der Waals surface area (Å²) in [6.07, 6.45) is 6.40. The SMILES string of the molecule is COc1ccc(C(=C(c2ccc(C=CC(=O)O)cc2)c2ccc(N3CCOCC3)cc2)C2CCC2)c(C)c1.